The van der Waals surface area contributed by atoms with Crippen LogP contribution in [-0.4, -0.2) is 27.9 Å². The second kappa shape index (κ2) is 6.77. The molecule has 0 spiro atoms. The number of hydrogen-bond acceptors (Lipinski definition) is 4. The monoisotopic (exact) mass is 376 g/mol. The molecule has 6 atom stereocenters. The molecule has 144 valence electrons. The van der Waals surface area contributed by atoms with Crippen LogP contribution in [0.1, 0.15) is 71.6 Å². The standard InChI is InChI=1S/C22H32O3S/c1-14(23)26-12-11-22-10-7-16(24)13-15(22)3-4-17-18-5-6-20(25)21(18,2)9-8-19(17)22/h3,16-19,24H,4-13H2,1-2H3/t16-,17-,18-,19-,21-,22+/m0/s1. The van der Waals surface area contributed by atoms with E-state index in [0.717, 1.165) is 63.5 Å². The number of aliphatic hydroxyl groups excluding tert-OH is 1. The molecule has 0 aromatic rings. The molecule has 0 amide bonds. The van der Waals surface area contributed by atoms with Gasteiger partial charge in [0, 0.05) is 24.5 Å². The lowest BCUT2D eigenvalue weighted by Gasteiger charge is -2.58. The van der Waals surface area contributed by atoms with E-state index in [9.17, 15) is 14.7 Å². The molecule has 0 aromatic carbocycles. The van der Waals surface area contributed by atoms with Gasteiger partial charge in [-0.1, -0.05) is 30.3 Å². The Balaban J connectivity index is 1.65. The lowest BCUT2D eigenvalue weighted by atomic mass is 9.47. The highest BCUT2D eigenvalue weighted by atomic mass is 32.2. The van der Waals surface area contributed by atoms with E-state index in [2.05, 4.69) is 13.0 Å². The van der Waals surface area contributed by atoms with Gasteiger partial charge in [0.05, 0.1) is 6.10 Å². The van der Waals surface area contributed by atoms with Gasteiger partial charge in [0.2, 0.25) is 0 Å². The SMILES string of the molecule is CC(=O)SCC[C@]12CC[C@H](O)CC1=CC[C@@H]1[C@@H]2CC[C@]2(C)C(=O)CC[C@@H]12. The Kier molecular flexibility index (Phi) is 4.88. The van der Waals surface area contributed by atoms with Crippen LogP contribution in [0.25, 0.3) is 0 Å². The number of allylic oxidation sites excluding steroid dienone is 1. The van der Waals surface area contributed by atoms with E-state index in [1.54, 1.807) is 6.92 Å². The van der Waals surface area contributed by atoms with E-state index in [0.29, 0.717) is 23.5 Å². The van der Waals surface area contributed by atoms with Gasteiger partial charge in [-0.2, -0.15) is 0 Å². The first-order chi connectivity index (χ1) is 12.4. The molecule has 3 nitrogen and oxygen atoms in total. The molecule has 4 rings (SSSR count). The molecule has 1 N–H and O–H groups in total. The van der Waals surface area contributed by atoms with E-state index in [1.165, 1.54) is 17.3 Å². The highest BCUT2D eigenvalue weighted by Gasteiger charge is 2.59. The summed E-state index contributed by atoms with van der Waals surface area (Å²) in [6.07, 6.45) is 11.1. The second-order valence-electron chi connectivity index (χ2n) is 9.40. The Morgan fingerprint density at radius 3 is 2.85 bits per heavy atom. The Labute approximate surface area is 161 Å². The van der Waals surface area contributed by atoms with E-state index in [1.807, 2.05) is 0 Å². The number of fused-ring (bicyclic) bond motifs is 5. The molecule has 3 saturated carbocycles. The van der Waals surface area contributed by atoms with Gasteiger partial charge in [0.25, 0.3) is 0 Å². The number of aliphatic hydroxyl groups is 1. The van der Waals surface area contributed by atoms with Crippen LogP contribution in [0.15, 0.2) is 11.6 Å². The molecule has 0 aliphatic heterocycles. The Morgan fingerprint density at radius 2 is 2.08 bits per heavy atom. The van der Waals surface area contributed by atoms with Gasteiger partial charge in [0.1, 0.15) is 5.78 Å². The van der Waals surface area contributed by atoms with Crippen LogP contribution >= 0.6 is 11.8 Å². The minimum absolute atomic E-state index is 0.0873. The first-order valence-corrected chi connectivity index (χ1v) is 11.4. The van der Waals surface area contributed by atoms with Crippen LogP contribution in [0.3, 0.4) is 0 Å². The van der Waals surface area contributed by atoms with Crippen molar-refractivity contribution in [3.63, 3.8) is 0 Å². The van der Waals surface area contributed by atoms with Crippen LogP contribution in [0.4, 0.5) is 0 Å². The average Bonchev–Trinajstić information content (AvgIpc) is 2.90. The summed E-state index contributed by atoms with van der Waals surface area (Å²) in [6, 6.07) is 0. The summed E-state index contributed by atoms with van der Waals surface area (Å²) in [5.74, 6) is 3.16. The van der Waals surface area contributed by atoms with E-state index in [-0.39, 0.29) is 22.0 Å². The Hall–Kier alpha value is -0.610. The first kappa shape index (κ1) is 18.7. The predicted octanol–water partition coefficient (Wildman–Crippen LogP) is 4.53. The third-order valence-electron chi connectivity index (χ3n) is 8.36. The van der Waals surface area contributed by atoms with Crippen molar-refractivity contribution in [2.45, 2.75) is 77.7 Å². The number of Topliss-reactive ketones (excluding diaryl/α,β-unsaturated/α-hetero) is 1. The molecular formula is C22H32O3S. The zero-order valence-corrected chi connectivity index (χ0v) is 16.9. The van der Waals surface area contributed by atoms with Crippen LogP contribution in [0.5, 0.6) is 0 Å². The molecule has 4 aliphatic carbocycles. The van der Waals surface area contributed by atoms with Crippen LogP contribution in [-0.2, 0) is 9.59 Å². The maximum atomic E-state index is 12.6. The topological polar surface area (TPSA) is 54.4 Å². The number of rotatable bonds is 3. The van der Waals surface area contributed by atoms with Crippen molar-refractivity contribution in [1.29, 1.82) is 0 Å². The highest BCUT2D eigenvalue weighted by Crippen LogP contribution is 2.65. The minimum Gasteiger partial charge on any atom is -0.393 e. The van der Waals surface area contributed by atoms with Gasteiger partial charge in [-0.15, -0.1) is 0 Å². The number of carbonyl (C=O) groups excluding carboxylic acids is 2. The van der Waals surface area contributed by atoms with Crippen molar-refractivity contribution >= 4 is 22.7 Å². The van der Waals surface area contributed by atoms with Gasteiger partial charge >= 0.3 is 0 Å². The lowest BCUT2D eigenvalue weighted by Crippen LogP contribution is -2.51. The minimum atomic E-state index is -0.201. The summed E-state index contributed by atoms with van der Waals surface area (Å²) in [5.41, 5.74) is 1.54. The maximum Gasteiger partial charge on any atom is 0.185 e. The molecule has 0 bridgehead atoms. The van der Waals surface area contributed by atoms with E-state index < -0.39 is 0 Å². The molecule has 0 saturated heterocycles. The van der Waals surface area contributed by atoms with Crippen LogP contribution in [0, 0.1) is 28.6 Å². The number of ketones is 1. The smallest absolute Gasteiger partial charge is 0.185 e. The molecule has 0 unspecified atom stereocenters. The van der Waals surface area contributed by atoms with Crippen molar-refractivity contribution in [3.8, 4) is 0 Å². The lowest BCUT2D eigenvalue weighted by molar-refractivity contribution is -0.132. The largest absolute Gasteiger partial charge is 0.393 e. The average molecular weight is 377 g/mol. The van der Waals surface area contributed by atoms with Crippen molar-refractivity contribution in [1.82, 2.24) is 0 Å². The Bertz CT molecular complexity index is 641. The second-order valence-corrected chi connectivity index (χ2v) is 10.7. The van der Waals surface area contributed by atoms with Crippen molar-refractivity contribution < 1.29 is 14.7 Å². The van der Waals surface area contributed by atoms with Crippen molar-refractivity contribution in [2.75, 3.05) is 5.75 Å². The van der Waals surface area contributed by atoms with Gasteiger partial charge in [-0.25, -0.2) is 0 Å². The summed E-state index contributed by atoms with van der Waals surface area (Å²) in [7, 11) is 0. The fraction of sp³-hybridized carbons (Fsp3) is 0.818. The number of carbonyl (C=O) groups is 2. The van der Waals surface area contributed by atoms with Crippen molar-refractivity contribution in [3.05, 3.63) is 11.6 Å². The maximum absolute atomic E-state index is 12.6. The normalized spacial score (nSPS) is 44.7. The number of thioether (sulfide) groups is 1. The summed E-state index contributed by atoms with van der Waals surface area (Å²) in [4.78, 5) is 24.0. The van der Waals surface area contributed by atoms with Crippen molar-refractivity contribution in [2.24, 2.45) is 28.6 Å². The molecule has 0 radical (unpaired) electrons. The first-order valence-electron chi connectivity index (χ1n) is 10.4. The van der Waals surface area contributed by atoms with E-state index >= 15 is 0 Å². The van der Waals surface area contributed by atoms with Gasteiger partial charge in [-0.05, 0) is 74.5 Å². The van der Waals surface area contributed by atoms with Gasteiger partial charge < -0.3 is 5.11 Å². The molecular weight excluding hydrogens is 344 g/mol. The summed E-state index contributed by atoms with van der Waals surface area (Å²) in [6.45, 7) is 3.88. The molecule has 3 fully saturated rings. The fourth-order valence-corrected chi connectivity index (χ4v) is 7.81. The summed E-state index contributed by atoms with van der Waals surface area (Å²) >= 11 is 1.45. The predicted molar refractivity (Wildman–Crippen MR) is 105 cm³/mol. The zero-order chi connectivity index (χ0) is 18.5. The van der Waals surface area contributed by atoms with Gasteiger partial charge in [0.15, 0.2) is 5.12 Å². The highest BCUT2D eigenvalue weighted by molar-refractivity contribution is 8.13. The third kappa shape index (κ3) is 2.83. The summed E-state index contributed by atoms with van der Waals surface area (Å²) < 4.78 is 0. The molecule has 0 aromatic heterocycles. The van der Waals surface area contributed by atoms with Crippen LogP contribution < -0.4 is 0 Å². The Morgan fingerprint density at radius 1 is 1.27 bits per heavy atom. The quantitative estimate of drug-likeness (QED) is 0.735. The zero-order valence-electron chi connectivity index (χ0n) is 16.1. The molecule has 4 aliphatic rings. The molecule has 26 heavy (non-hydrogen) atoms. The molecule has 0 heterocycles. The van der Waals surface area contributed by atoms with Gasteiger partial charge in [-0.3, -0.25) is 9.59 Å². The fourth-order valence-electron chi connectivity index (χ4n) is 7.05. The molecule has 4 heteroatoms. The van der Waals surface area contributed by atoms with E-state index in [4.69, 9.17) is 0 Å². The number of hydrogen-bond donors (Lipinski definition) is 1. The van der Waals surface area contributed by atoms with Crippen LogP contribution in [0.2, 0.25) is 0 Å². The third-order valence-corrected chi connectivity index (χ3v) is 9.18. The summed E-state index contributed by atoms with van der Waals surface area (Å²) in [5, 5.41) is 10.5.